The fourth-order valence-corrected chi connectivity index (χ4v) is 2.09. The normalized spacial score (nSPS) is 24.3. The van der Waals surface area contributed by atoms with Gasteiger partial charge in [-0.2, -0.15) is 0 Å². The van der Waals surface area contributed by atoms with E-state index >= 15 is 0 Å². The first-order valence-corrected chi connectivity index (χ1v) is 6.06. The number of nitrogens with zero attached hydrogens (tertiary/aromatic N) is 2. The van der Waals surface area contributed by atoms with E-state index in [-0.39, 0.29) is 17.7 Å². The topological polar surface area (TPSA) is 62.3 Å². The molecule has 0 bridgehead atoms. The van der Waals surface area contributed by atoms with Gasteiger partial charge in [0.2, 0.25) is 5.91 Å². The number of piperazine rings is 1. The molecular formula is C13H17N3O2. The minimum atomic E-state index is -0.503. The summed E-state index contributed by atoms with van der Waals surface area (Å²) in [6.45, 7) is 5.55. The van der Waals surface area contributed by atoms with Gasteiger partial charge in [0.25, 0.3) is 5.91 Å². The number of pyridine rings is 1. The van der Waals surface area contributed by atoms with Gasteiger partial charge in [0, 0.05) is 6.20 Å². The first-order valence-electron chi connectivity index (χ1n) is 6.06. The summed E-state index contributed by atoms with van der Waals surface area (Å²) in [5.41, 5.74) is 0.663. The Morgan fingerprint density at radius 3 is 2.67 bits per heavy atom. The van der Waals surface area contributed by atoms with Gasteiger partial charge in [0.05, 0.1) is 11.9 Å². The van der Waals surface area contributed by atoms with Gasteiger partial charge in [-0.1, -0.05) is 13.8 Å². The van der Waals surface area contributed by atoms with Crippen molar-refractivity contribution in [3.8, 4) is 0 Å². The average molecular weight is 247 g/mol. The summed E-state index contributed by atoms with van der Waals surface area (Å²) < 4.78 is 0. The van der Waals surface area contributed by atoms with Crippen LogP contribution in [-0.2, 0) is 9.59 Å². The Morgan fingerprint density at radius 2 is 2.11 bits per heavy atom. The van der Waals surface area contributed by atoms with Crippen molar-refractivity contribution in [1.82, 2.24) is 10.3 Å². The quantitative estimate of drug-likeness (QED) is 0.846. The number of anilines is 1. The highest BCUT2D eigenvalue weighted by Gasteiger charge is 2.40. The molecule has 2 atom stereocenters. The van der Waals surface area contributed by atoms with Crippen molar-refractivity contribution < 1.29 is 9.59 Å². The van der Waals surface area contributed by atoms with E-state index in [1.54, 1.807) is 31.5 Å². The molecule has 2 heterocycles. The molecule has 5 heteroatoms. The van der Waals surface area contributed by atoms with E-state index in [0.29, 0.717) is 5.69 Å². The largest absolute Gasteiger partial charge is 0.342 e. The average Bonchev–Trinajstić information content (AvgIpc) is 2.35. The molecule has 96 valence electrons. The van der Waals surface area contributed by atoms with E-state index in [0.717, 1.165) is 0 Å². The minimum absolute atomic E-state index is 0.0631. The van der Waals surface area contributed by atoms with Crippen LogP contribution in [0.4, 0.5) is 5.69 Å². The maximum absolute atomic E-state index is 12.4. The highest BCUT2D eigenvalue weighted by Crippen LogP contribution is 2.22. The third-order valence-electron chi connectivity index (χ3n) is 3.16. The third-order valence-corrected chi connectivity index (χ3v) is 3.16. The lowest BCUT2D eigenvalue weighted by atomic mass is 9.98. The molecule has 1 aromatic heterocycles. The number of nitrogens with one attached hydrogen (secondary N) is 1. The molecule has 0 saturated carbocycles. The van der Waals surface area contributed by atoms with Crippen LogP contribution >= 0.6 is 0 Å². The highest BCUT2D eigenvalue weighted by molar-refractivity contribution is 6.08. The van der Waals surface area contributed by atoms with Gasteiger partial charge >= 0.3 is 0 Å². The molecule has 1 saturated heterocycles. The van der Waals surface area contributed by atoms with Crippen LogP contribution in [0, 0.1) is 5.92 Å². The van der Waals surface area contributed by atoms with E-state index in [1.807, 2.05) is 13.8 Å². The molecule has 2 rings (SSSR count). The van der Waals surface area contributed by atoms with Crippen LogP contribution in [0.1, 0.15) is 20.8 Å². The van der Waals surface area contributed by atoms with E-state index < -0.39 is 12.1 Å². The molecule has 0 aromatic carbocycles. The van der Waals surface area contributed by atoms with Crippen molar-refractivity contribution in [2.75, 3.05) is 4.90 Å². The molecule has 2 unspecified atom stereocenters. The molecule has 1 N–H and O–H groups in total. The molecule has 1 aliphatic rings. The zero-order chi connectivity index (χ0) is 13.3. The molecule has 1 aromatic rings. The van der Waals surface area contributed by atoms with Gasteiger partial charge in [-0.15, -0.1) is 0 Å². The number of hydrogen-bond donors (Lipinski definition) is 1. The first-order chi connectivity index (χ1) is 8.52. The molecule has 0 aliphatic carbocycles. The fraction of sp³-hybridized carbons (Fsp3) is 0.462. The zero-order valence-corrected chi connectivity index (χ0v) is 10.8. The predicted octanol–water partition coefficient (Wildman–Crippen LogP) is 0.957. The van der Waals surface area contributed by atoms with Crippen LogP contribution in [0.3, 0.4) is 0 Å². The van der Waals surface area contributed by atoms with Gasteiger partial charge in [-0.05, 0) is 25.0 Å². The van der Waals surface area contributed by atoms with Crippen molar-refractivity contribution in [1.29, 1.82) is 0 Å². The van der Waals surface area contributed by atoms with Crippen molar-refractivity contribution in [2.24, 2.45) is 5.92 Å². The Labute approximate surface area is 106 Å². The summed E-state index contributed by atoms with van der Waals surface area (Å²) in [5, 5.41) is 2.76. The van der Waals surface area contributed by atoms with Crippen molar-refractivity contribution in [3.63, 3.8) is 0 Å². The molecule has 2 amide bonds. The molecule has 0 spiro atoms. The number of carbonyl (C=O) groups is 2. The monoisotopic (exact) mass is 247 g/mol. The van der Waals surface area contributed by atoms with Crippen LogP contribution in [0.25, 0.3) is 0 Å². The molecular weight excluding hydrogens is 230 g/mol. The van der Waals surface area contributed by atoms with E-state index in [1.165, 1.54) is 4.90 Å². The molecule has 1 aliphatic heterocycles. The van der Waals surface area contributed by atoms with Crippen LogP contribution in [0.15, 0.2) is 24.5 Å². The number of hydrogen-bond acceptors (Lipinski definition) is 3. The van der Waals surface area contributed by atoms with E-state index in [9.17, 15) is 9.59 Å². The molecule has 0 radical (unpaired) electrons. The van der Waals surface area contributed by atoms with Crippen molar-refractivity contribution in [2.45, 2.75) is 32.9 Å². The standard InChI is InChI=1S/C13H17N3O2/c1-8(2)11-13(18)16(9(3)12(17)15-11)10-5-4-6-14-7-10/h4-9,11H,1-3H3,(H,15,17). The molecule has 18 heavy (non-hydrogen) atoms. The van der Waals surface area contributed by atoms with Crippen LogP contribution in [0.2, 0.25) is 0 Å². The fourth-order valence-electron chi connectivity index (χ4n) is 2.09. The predicted molar refractivity (Wildman–Crippen MR) is 68.0 cm³/mol. The number of amides is 2. The van der Waals surface area contributed by atoms with E-state index in [2.05, 4.69) is 10.3 Å². The van der Waals surface area contributed by atoms with Gasteiger partial charge in [0.15, 0.2) is 0 Å². The Hall–Kier alpha value is -1.91. The summed E-state index contributed by atoms with van der Waals surface area (Å²) in [5.74, 6) is -0.143. The minimum Gasteiger partial charge on any atom is -0.342 e. The third kappa shape index (κ3) is 2.08. The van der Waals surface area contributed by atoms with Crippen molar-refractivity contribution >= 4 is 17.5 Å². The Balaban J connectivity index is 2.37. The highest BCUT2D eigenvalue weighted by atomic mass is 16.2. The second-order valence-electron chi connectivity index (χ2n) is 4.83. The smallest absolute Gasteiger partial charge is 0.250 e. The lowest BCUT2D eigenvalue weighted by Crippen LogP contribution is -2.64. The lowest BCUT2D eigenvalue weighted by molar-refractivity contribution is -0.134. The maximum atomic E-state index is 12.4. The van der Waals surface area contributed by atoms with Crippen LogP contribution in [0.5, 0.6) is 0 Å². The lowest BCUT2D eigenvalue weighted by Gasteiger charge is -2.38. The second kappa shape index (κ2) is 4.76. The summed E-state index contributed by atoms with van der Waals surface area (Å²) in [6.07, 6.45) is 3.24. The number of rotatable bonds is 2. The second-order valence-corrected chi connectivity index (χ2v) is 4.83. The maximum Gasteiger partial charge on any atom is 0.250 e. The van der Waals surface area contributed by atoms with Gasteiger partial charge in [0.1, 0.15) is 12.1 Å². The SMILES string of the molecule is CC(C)C1NC(=O)C(C)N(c2cccnc2)C1=O. The summed E-state index contributed by atoms with van der Waals surface area (Å²) in [4.78, 5) is 29.8. The molecule has 1 fully saturated rings. The molecule has 5 nitrogen and oxygen atoms in total. The van der Waals surface area contributed by atoms with E-state index in [4.69, 9.17) is 0 Å². The van der Waals surface area contributed by atoms with Gasteiger partial charge in [-0.3, -0.25) is 19.5 Å². The Morgan fingerprint density at radius 1 is 1.39 bits per heavy atom. The summed E-state index contributed by atoms with van der Waals surface area (Å²) in [7, 11) is 0. The van der Waals surface area contributed by atoms with Crippen molar-refractivity contribution in [3.05, 3.63) is 24.5 Å². The van der Waals surface area contributed by atoms with Gasteiger partial charge < -0.3 is 5.32 Å². The Bertz CT molecular complexity index is 459. The summed E-state index contributed by atoms with van der Waals surface area (Å²) in [6, 6.07) is 2.58. The first kappa shape index (κ1) is 12.5. The van der Waals surface area contributed by atoms with Gasteiger partial charge in [-0.25, -0.2) is 0 Å². The van der Waals surface area contributed by atoms with Crippen LogP contribution < -0.4 is 10.2 Å². The Kier molecular flexibility index (Phi) is 3.32. The number of carbonyl (C=O) groups excluding carboxylic acids is 2. The number of aromatic nitrogens is 1. The van der Waals surface area contributed by atoms with Crippen LogP contribution in [-0.4, -0.2) is 28.9 Å². The zero-order valence-electron chi connectivity index (χ0n) is 10.8. The summed E-state index contributed by atoms with van der Waals surface area (Å²) >= 11 is 0.